The van der Waals surface area contributed by atoms with E-state index < -0.39 is 29.9 Å². The summed E-state index contributed by atoms with van der Waals surface area (Å²) in [4.78, 5) is 25.8. The van der Waals surface area contributed by atoms with Crippen molar-refractivity contribution in [1.29, 1.82) is 0 Å². The van der Waals surface area contributed by atoms with Crippen molar-refractivity contribution in [3.8, 4) is 5.69 Å². The molecule has 2 heterocycles. The number of nitrogens with zero attached hydrogens (tertiary/aromatic N) is 4. The number of nitrogens with one attached hydrogen (secondary N) is 1. The highest BCUT2D eigenvalue weighted by molar-refractivity contribution is 6.31. The Morgan fingerprint density at radius 3 is 2.63 bits per heavy atom. The average Bonchev–Trinajstić information content (AvgIpc) is 3.30. The molecule has 4 rings (SSSR count). The Balaban J connectivity index is 1.64. The number of ether oxygens (including phenoxy) is 1. The van der Waals surface area contributed by atoms with Crippen LogP contribution >= 0.6 is 23.2 Å². The Morgan fingerprint density at radius 2 is 2.03 bits per heavy atom. The number of aliphatic hydroxyl groups excluding tert-OH is 1. The molecule has 4 N–H and O–H groups in total. The number of hydrogen-bond acceptors (Lipinski definition) is 7. The molecule has 38 heavy (non-hydrogen) atoms. The zero-order chi connectivity index (χ0) is 27.6. The third kappa shape index (κ3) is 5.49. The Kier molecular flexibility index (Phi) is 8.00. The largest absolute Gasteiger partial charge is 0.495 e. The number of carbonyl (C=O) groups is 2. The number of nitrogens with two attached hydrogens (primary N) is 1. The van der Waals surface area contributed by atoms with Crippen molar-refractivity contribution in [2.75, 3.05) is 12.4 Å². The Labute approximate surface area is 227 Å². The summed E-state index contributed by atoms with van der Waals surface area (Å²) < 4.78 is 21.3. The summed E-state index contributed by atoms with van der Waals surface area (Å²) in [6.07, 6.45) is 3.61. The molecule has 1 aromatic heterocycles. The zero-order valence-electron chi connectivity index (χ0n) is 20.2. The summed E-state index contributed by atoms with van der Waals surface area (Å²) in [5.74, 6) is -1.95. The van der Waals surface area contributed by atoms with Crippen LogP contribution in [0.3, 0.4) is 0 Å². The molecule has 2 atom stereocenters. The summed E-state index contributed by atoms with van der Waals surface area (Å²) in [6, 6.07) is 7.78. The van der Waals surface area contributed by atoms with Gasteiger partial charge in [-0.3, -0.25) is 9.59 Å². The summed E-state index contributed by atoms with van der Waals surface area (Å²) in [7, 11) is 1.45. The fraction of sp³-hybridized carbons (Fsp3) is 0.200. The maximum absolute atomic E-state index is 14.2. The molecule has 0 aliphatic carbocycles. The summed E-state index contributed by atoms with van der Waals surface area (Å²) in [6.45, 7) is 1.76. The quantitative estimate of drug-likeness (QED) is 0.381. The Hall–Kier alpha value is -3.93. The van der Waals surface area contributed by atoms with E-state index in [2.05, 4.69) is 15.6 Å². The highest BCUT2D eigenvalue weighted by atomic mass is 35.5. The number of methoxy groups -OCH3 is 1. The van der Waals surface area contributed by atoms with Gasteiger partial charge in [0.1, 0.15) is 23.8 Å². The summed E-state index contributed by atoms with van der Waals surface area (Å²) >= 11 is 12.2. The van der Waals surface area contributed by atoms with Crippen LogP contribution in [0.1, 0.15) is 29.3 Å². The van der Waals surface area contributed by atoms with Crippen LogP contribution in [-0.2, 0) is 9.53 Å². The van der Waals surface area contributed by atoms with Gasteiger partial charge in [0.2, 0.25) is 5.91 Å². The van der Waals surface area contributed by atoms with Gasteiger partial charge in [0.15, 0.2) is 5.15 Å². The second-order valence-corrected chi connectivity index (χ2v) is 9.08. The number of anilines is 1. The maximum atomic E-state index is 14.2. The fourth-order valence-electron chi connectivity index (χ4n) is 4.09. The van der Waals surface area contributed by atoms with Gasteiger partial charge in [0.25, 0.3) is 5.91 Å². The van der Waals surface area contributed by atoms with Crippen molar-refractivity contribution in [2.24, 2.45) is 5.73 Å². The van der Waals surface area contributed by atoms with Crippen LogP contribution in [0, 0.1) is 5.82 Å². The predicted octanol–water partition coefficient (Wildman–Crippen LogP) is 3.73. The Bertz CT molecular complexity index is 1460. The minimum Gasteiger partial charge on any atom is -0.495 e. The van der Waals surface area contributed by atoms with Crippen molar-refractivity contribution >= 4 is 46.3 Å². The molecule has 0 saturated heterocycles. The van der Waals surface area contributed by atoms with E-state index in [-0.39, 0.29) is 16.4 Å². The first-order chi connectivity index (χ1) is 18.1. The first-order valence-corrected chi connectivity index (χ1v) is 12.1. The number of carbonyl (C=O) groups excluding carboxylic acids is 2. The van der Waals surface area contributed by atoms with Gasteiger partial charge in [-0.15, -0.1) is 5.10 Å². The lowest BCUT2D eigenvalue weighted by atomic mass is 9.98. The molecule has 1 aliphatic rings. The molecule has 2 amide bonds. The monoisotopic (exact) mass is 560 g/mol. The van der Waals surface area contributed by atoms with Gasteiger partial charge in [-0.1, -0.05) is 35.3 Å². The first-order valence-electron chi connectivity index (χ1n) is 11.3. The Morgan fingerprint density at radius 1 is 1.26 bits per heavy atom. The topological polar surface area (TPSA) is 136 Å². The van der Waals surface area contributed by atoms with Crippen LogP contribution in [0.25, 0.3) is 11.3 Å². The number of aromatic nitrogens is 3. The average molecular weight is 561 g/mol. The lowest BCUT2D eigenvalue weighted by Gasteiger charge is -2.36. The molecule has 10 nitrogen and oxygen atoms in total. The van der Waals surface area contributed by atoms with Gasteiger partial charge in [0, 0.05) is 28.0 Å². The number of halogens is 3. The van der Waals surface area contributed by atoms with Crippen molar-refractivity contribution in [3.05, 3.63) is 87.8 Å². The number of rotatable bonds is 8. The van der Waals surface area contributed by atoms with Crippen molar-refractivity contribution in [1.82, 2.24) is 19.9 Å². The number of primary amides is 1. The molecular formula is C25H23Cl2FN6O4. The zero-order valence-corrected chi connectivity index (χ0v) is 21.7. The van der Waals surface area contributed by atoms with Crippen molar-refractivity contribution in [3.63, 3.8) is 0 Å². The summed E-state index contributed by atoms with van der Waals surface area (Å²) in [5.41, 5.74) is 6.63. The lowest BCUT2D eigenvalue weighted by Crippen LogP contribution is -2.47. The van der Waals surface area contributed by atoms with E-state index in [1.807, 2.05) is 0 Å². The third-order valence-corrected chi connectivity index (χ3v) is 6.29. The van der Waals surface area contributed by atoms with E-state index in [9.17, 15) is 19.1 Å². The van der Waals surface area contributed by atoms with Crippen LogP contribution in [0.2, 0.25) is 10.2 Å². The lowest BCUT2D eigenvalue weighted by molar-refractivity contribution is -0.123. The molecule has 3 aromatic rings. The van der Waals surface area contributed by atoms with Gasteiger partial charge in [-0.05, 0) is 48.9 Å². The molecular weight excluding hydrogens is 538 g/mol. The van der Waals surface area contributed by atoms with Gasteiger partial charge in [-0.25, -0.2) is 9.07 Å². The van der Waals surface area contributed by atoms with Crippen LogP contribution in [-0.4, -0.2) is 56.2 Å². The van der Waals surface area contributed by atoms with Gasteiger partial charge >= 0.3 is 0 Å². The van der Waals surface area contributed by atoms with E-state index in [0.717, 1.165) is 6.07 Å². The van der Waals surface area contributed by atoms with Crippen LogP contribution in [0.15, 0.2) is 60.6 Å². The van der Waals surface area contributed by atoms with Crippen LogP contribution in [0.5, 0.6) is 0 Å². The maximum Gasteiger partial charge on any atom is 0.251 e. The van der Waals surface area contributed by atoms with Crippen LogP contribution in [0.4, 0.5) is 10.1 Å². The molecule has 1 unspecified atom stereocenters. The van der Waals surface area contributed by atoms with E-state index in [1.165, 1.54) is 47.3 Å². The normalized spacial score (nSPS) is 15.9. The highest BCUT2D eigenvalue weighted by Gasteiger charge is 2.32. The van der Waals surface area contributed by atoms with E-state index in [1.54, 1.807) is 25.1 Å². The first kappa shape index (κ1) is 27.1. The molecule has 0 spiro atoms. The molecule has 2 aromatic carbocycles. The summed E-state index contributed by atoms with van der Waals surface area (Å²) in [5, 5.41) is 22.1. The number of hydrogen-bond donors (Lipinski definition) is 3. The standard InChI is InChI=1S/C25H23Cl2FN6O4/c1-3-19(25(37)30-14-5-6-15(24(29)36)18(28)9-14)33-11-21(38-2)17(10-23(33)35)16-8-13(26)4-7-20(16)34-12-22(27)31-32-34/h4-12,19,23,35H,3H2,1-2H3,(H2,29,36)(H,30,37)/t19-,23?/m0/s1. The molecule has 0 radical (unpaired) electrons. The predicted molar refractivity (Wildman–Crippen MR) is 140 cm³/mol. The fourth-order valence-corrected chi connectivity index (χ4v) is 4.39. The highest BCUT2D eigenvalue weighted by Crippen LogP contribution is 2.35. The SMILES string of the molecule is CC[C@@H](C(=O)Nc1ccc(C(N)=O)c(F)c1)N1C=C(OC)C(c2cc(Cl)ccc2-n2cc(Cl)nn2)=CC1O. The third-order valence-electron chi connectivity index (χ3n) is 5.89. The number of aliphatic hydroxyl groups is 1. The van der Waals surface area contributed by atoms with Crippen molar-refractivity contribution in [2.45, 2.75) is 25.6 Å². The van der Waals surface area contributed by atoms with E-state index in [4.69, 9.17) is 33.7 Å². The smallest absolute Gasteiger partial charge is 0.251 e. The number of benzene rings is 2. The molecule has 1 aliphatic heterocycles. The number of amides is 2. The molecule has 0 fully saturated rings. The van der Waals surface area contributed by atoms with Gasteiger partial charge in [-0.2, -0.15) is 0 Å². The minimum absolute atomic E-state index is 0.129. The van der Waals surface area contributed by atoms with Gasteiger partial charge in [0.05, 0.1) is 24.6 Å². The van der Waals surface area contributed by atoms with Crippen molar-refractivity contribution < 1.29 is 23.8 Å². The molecule has 13 heteroatoms. The molecule has 0 saturated carbocycles. The molecule has 198 valence electrons. The van der Waals surface area contributed by atoms with E-state index in [0.29, 0.717) is 34.0 Å². The molecule has 0 bridgehead atoms. The minimum atomic E-state index is -1.24. The van der Waals surface area contributed by atoms with E-state index >= 15 is 0 Å². The van der Waals surface area contributed by atoms with Gasteiger partial charge < -0.3 is 25.8 Å². The second kappa shape index (κ2) is 11.2. The number of allylic oxidation sites excluding steroid dienone is 1. The van der Waals surface area contributed by atoms with Crippen LogP contribution < -0.4 is 11.1 Å². The second-order valence-electron chi connectivity index (χ2n) is 8.26.